The summed E-state index contributed by atoms with van der Waals surface area (Å²) in [5.74, 6) is -4.38. The van der Waals surface area contributed by atoms with Gasteiger partial charge in [0.25, 0.3) is 5.91 Å². The third-order valence-electron chi connectivity index (χ3n) is 4.22. The summed E-state index contributed by atoms with van der Waals surface area (Å²) in [4.78, 5) is 14.3. The number of amides is 1. The van der Waals surface area contributed by atoms with Gasteiger partial charge in [-0.2, -0.15) is 0 Å². The lowest BCUT2D eigenvalue weighted by atomic mass is 9.84. The quantitative estimate of drug-likeness (QED) is 0.842. The molecule has 6 heteroatoms. The van der Waals surface area contributed by atoms with Crippen LogP contribution in [-0.2, 0) is 0 Å². The van der Waals surface area contributed by atoms with Gasteiger partial charge in [0.15, 0.2) is 17.5 Å². The number of fused-ring (bicyclic) bond motifs is 3. The molecule has 3 aliphatic heterocycles. The van der Waals surface area contributed by atoms with Crippen molar-refractivity contribution in [1.29, 1.82) is 0 Å². The number of nitrogens with one attached hydrogen (secondary N) is 1. The molecule has 0 aromatic heterocycles. The zero-order chi connectivity index (χ0) is 14.3. The maximum absolute atomic E-state index is 13.1. The van der Waals surface area contributed by atoms with E-state index in [0.717, 1.165) is 44.6 Å². The molecule has 3 heterocycles. The molecule has 20 heavy (non-hydrogen) atoms. The zero-order valence-electron chi connectivity index (χ0n) is 10.8. The van der Waals surface area contributed by atoms with E-state index in [9.17, 15) is 18.0 Å². The Morgan fingerprint density at radius 1 is 1.15 bits per heavy atom. The van der Waals surface area contributed by atoms with Crippen molar-refractivity contribution in [3.63, 3.8) is 0 Å². The summed E-state index contributed by atoms with van der Waals surface area (Å²) in [6.45, 7) is 2.84. The van der Waals surface area contributed by atoms with Crippen molar-refractivity contribution in [3.8, 4) is 0 Å². The Morgan fingerprint density at radius 3 is 2.25 bits per heavy atom. The van der Waals surface area contributed by atoms with Crippen molar-refractivity contribution in [1.82, 2.24) is 10.2 Å². The zero-order valence-corrected chi connectivity index (χ0v) is 10.8. The highest BCUT2D eigenvalue weighted by atomic mass is 19.2. The van der Waals surface area contributed by atoms with E-state index in [-0.39, 0.29) is 11.6 Å². The number of carbonyl (C=O) groups excluding carboxylic acids is 1. The minimum absolute atomic E-state index is 0.00109. The first kappa shape index (κ1) is 13.4. The molecule has 108 valence electrons. The molecule has 1 aromatic carbocycles. The lowest BCUT2D eigenvalue weighted by Crippen LogP contribution is -2.57. The Balaban J connectivity index is 1.73. The van der Waals surface area contributed by atoms with Gasteiger partial charge in [0, 0.05) is 18.2 Å². The normalized spacial score (nSPS) is 28.4. The molecule has 2 bridgehead atoms. The van der Waals surface area contributed by atoms with E-state index in [0.29, 0.717) is 5.92 Å². The number of halogens is 3. The Kier molecular flexibility index (Phi) is 3.41. The molecule has 0 spiro atoms. The molecular weight excluding hydrogens is 269 g/mol. The van der Waals surface area contributed by atoms with Crippen molar-refractivity contribution in [2.75, 3.05) is 19.6 Å². The minimum Gasteiger partial charge on any atom is -0.348 e. The predicted molar refractivity (Wildman–Crippen MR) is 66.7 cm³/mol. The molecule has 0 aliphatic carbocycles. The van der Waals surface area contributed by atoms with Crippen LogP contribution in [0.15, 0.2) is 12.1 Å². The van der Waals surface area contributed by atoms with E-state index in [4.69, 9.17) is 0 Å². The summed E-state index contributed by atoms with van der Waals surface area (Å²) >= 11 is 0. The molecule has 3 aliphatic rings. The van der Waals surface area contributed by atoms with Gasteiger partial charge in [-0.3, -0.25) is 4.79 Å². The summed E-state index contributed by atoms with van der Waals surface area (Å²) in [5.41, 5.74) is -0.183. The molecule has 1 atom stereocenters. The average Bonchev–Trinajstić information content (AvgIpc) is 2.45. The van der Waals surface area contributed by atoms with Crippen LogP contribution in [0.3, 0.4) is 0 Å². The molecule has 1 N–H and O–H groups in total. The van der Waals surface area contributed by atoms with Crippen molar-refractivity contribution < 1.29 is 18.0 Å². The highest BCUT2D eigenvalue weighted by Gasteiger charge is 2.35. The SMILES string of the molecule is O=C(NC1CN2CCC1CC2)c1cc(F)c(F)c(F)c1. The van der Waals surface area contributed by atoms with Crippen molar-refractivity contribution in [2.45, 2.75) is 18.9 Å². The largest absolute Gasteiger partial charge is 0.348 e. The minimum atomic E-state index is -1.55. The van der Waals surface area contributed by atoms with Crippen LogP contribution in [0, 0.1) is 23.4 Å². The number of hydrogen-bond acceptors (Lipinski definition) is 2. The second kappa shape index (κ2) is 5.09. The van der Waals surface area contributed by atoms with Crippen LogP contribution in [0.1, 0.15) is 23.2 Å². The van der Waals surface area contributed by atoms with E-state index in [1.807, 2.05) is 0 Å². The lowest BCUT2D eigenvalue weighted by Gasteiger charge is -2.44. The average molecular weight is 284 g/mol. The molecule has 1 aromatic rings. The van der Waals surface area contributed by atoms with E-state index >= 15 is 0 Å². The highest BCUT2D eigenvalue weighted by molar-refractivity contribution is 5.94. The van der Waals surface area contributed by atoms with Gasteiger partial charge in [0.1, 0.15) is 0 Å². The van der Waals surface area contributed by atoms with Crippen LogP contribution in [-0.4, -0.2) is 36.5 Å². The van der Waals surface area contributed by atoms with Gasteiger partial charge in [-0.1, -0.05) is 0 Å². The standard InChI is InChI=1S/C14H15F3N2O/c15-10-5-9(6-11(16)13(10)17)14(20)18-12-7-19-3-1-8(12)2-4-19/h5-6,8,12H,1-4,7H2,(H,18,20). The molecule has 3 saturated heterocycles. The smallest absolute Gasteiger partial charge is 0.251 e. The van der Waals surface area contributed by atoms with E-state index in [2.05, 4.69) is 10.2 Å². The van der Waals surface area contributed by atoms with Gasteiger partial charge >= 0.3 is 0 Å². The fraction of sp³-hybridized carbons (Fsp3) is 0.500. The Morgan fingerprint density at radius 2 is 1.75 bits per heavy atom. The van der Waals surface area contributed by atoms with Crippen LogP contribution >= 0.6 is 0 Å². The Labute approximate surface area is 114 Å². The van der Waals surface area contributed by atoms with E-state index in [1.54, 1.807) is 0 Å². The topological polar surface area (TPSA) is 32.3 Å². The van der Waals surface area contributed by atoms with Gasteiger partial charge in [-0.25, -0.2) is 13.2 Å². The summed E-state index contributed by atoms with van der Waals surface area (Å²) in [6, 6.07) is 1.46. The van der Waals surface area contributed by atoms with Crippen LogP contribution in [0.5, 0.6) is 0 Å². The second-order valence-electron chi connectivity index (χ2n) is 5.47. The van der Waals surface area contributed by atoms with E-state index in [1.165, 1.54) is 0 Å². The Hall–Kier alpha value is -1.56. The molecule has 1 amide bonds. The molecule has 3 nitrogen and oxygen atoms in total. The summed E-state index contributed by atoms with van der Waals surface area (Å²) < 4.78 is 39.1. The van der Waals surface area contributed by atoms with Crippen molar-refractivity contribution in [3.05, 3.63) is 35.1 Å². The van der Waals surface area contributed by atoms with Crippen molar-refractivity contribution >= 4 is 5.91 Å². The van der Waals surface area contributed by atoms with Crippen LogP contribution in [0.25, 0.3) is 0 Å². The lowest BCUT2D eigenvalue weighted by molar-refractivity contribution is 0.0620. The molecular formula is C14H15F3N2O. The second-order valence-corrected chi connectivity index (χ2v) is 5.47. The molecule has 0 saturated carbocycles. The number of piperidine rings is 3. The fourth-order valence-corrected chi connectivity index (χ4v) is 3.07. The first-order chi connectivity index (χ1) is 9.54. The third kappa shape index (κ3) is 2.40. The highest BCUT2D eigenvalue weighted by Crippen LogP contribution is 2.27. The van der Waals surface area contributed by atoms with Gasteiger partial charge in [0.05, 0.1) is 0 Å². The summed E-state index contributed by atoms with van der Waals surface area (Å²) in [7, 11) is 0. The first-order valence-corrected chi connectivity index (χ1v) is 6.72. The maximum Gasteiger partial charge on any atom is 0.251 e. The van der Waals surface area contributed by atoms with Crippen LogP contribution < -0.4 is 5.32 Å². The van der Waals surface area contributed by atoms with Crippen LogP contribution in [0.4, 0.5) is 13.2 Å². The Bertz CT molecular complexity index is 518. The molecule has 1 unspecified atom stereocenters. The molecule has 3 fully saturated rings. The number of nitrogens with zero attached hydrogens (tertiary/aromatic N) is 1. The predicted octanol–water partition coefficient (Wildman–Crippen LogP) is 1.93. The van der Waals surface area contributed by atoms with Crippen LogP contribution in [0.2, 0.25) is 0 Å². The van der Waals surface area contributed by atoms with Gasteiger partial charge in [0.2, 0.25) is 0 Å². The first-order valence-electron chi connectivity index (χ1n) is 6.72. The van der Waals surface area contributed by atoms with Crippen molar-refractivity contribution in [2.24, 2.45) is 5.92 Å². The number of benzene rings is 1. The number of hydrogen-bond donors (Lipinski definition) is 1. The monoisotopic (exact) mass is 284 g/mol. The number of carbonyl (C=O) groups is 1. The van der Waals surface area contributed by atoms with Gasteiger partial charge in [-0.15, -0.1) is 0 Å². The third-order valence-corrected chi connectivity index (χ3v) is 4.22. The summed E-state index contributed by atoms with van der Waals surface area (Å²) in [6.07, 6.45) is 2.05. The summed E-state index contributed by atoms with van der Waals surface area (Å²) in [5, 5.41) is 2.80. The van der Waals surface area contributed by atoms with E-state index < -0.39 is 23.4 Å². The van der Waals surface area contributed by atoms with Gasteiger partial charge in [-0.05, 0) is 44.0 Å². The van der Waals surface area contributed by atoms with Gasteiger partial charge < -0.3 is 10.2 Å². The number of rotatable bonds is 2. The maximum atomic E-state index is 13.1. The fourth-order valence-electron chi connectivity index (χ4n) is 3.07. The molecule has 4 rings (SSSR count). The molecule has 0 radical (unpaired) electrons.